The summed E-state index contributed by atoms with van der Waals surface area (Å²) >= 11 is 0. The zero-order valence-electron chi connectivity index (χ0n) is 17.6. The van der Waals surface area contributed by atoms with E-state index in [1.54, 1.807) is 36.8 Å². The molecule has 0 radical (unpaired) electrons. The molecule has 32 heavy (non-hydrogen) atoms. The van der Waals surface area contributed by atoms with Gasteiger partial charge in [0.05, 0.1) is 22.7 Å². The van der Waals surface area contributed by atoms with Crippen molar-refractivity contribution >= 4 is 31.4 Å². The molecule has 1 aromatic heterocycles. The molecule has 160 valence electrons. The van der Waals surface area contributed by atoms with Crippen LogP contribution in [0, 0.1) is 0 Å². The highest BCUT2D eigenvalue weighted by molar-refractivity contribution is 7.92. The Kier molecular flexibility index (Phi) is 5.54. The smallest absolute Gasteiger partial charge is 0.181 e. The summed E-state index contributed by atoms with van der Waals surface area (Å²) < 4.78 is 30.7. The van der Waals surface area contributed by atoms with Crippen molar-refractivity contribution in [2.45, 2.75) is 29.4 Å². The second-order valence-electron chi connectivity index (χ2n) is 8.10. The first-order valence-electron chi connectivity index (χ1n) is 10.8. The van der Waals surface area contributed by atoms with Gasteiger partial charge >= 0.3 is 0 Å². The van der Waals surface area contributed by atoms with Crippen LogP contribution in [0.1, 0.15) is 17.5 Å². The number of hydrogen-bond acceptors (Lipinski definition) is 3. The van der Waals surface area contributed by atoms with Gasteiger partial charge in [0.2, 0.25) is 0 Å². The lowest BCUT2D eigenvalue weighted by molar-refractivity contribution is 0.562. The van der Waals surface area contributed by atoms with E-state index in [9.17, 15) is 8.42 Å². The Morgan fingerprint density at radius 3 is 2.16 bits per heavy atom. The second-order valence-corrected chi connectivity index (χ2v) is 10.3. The SMILES string of the molecule is O=S(=O)(c1ccccc1)C1CCc2c(ccc3c2ccc2ccccc23)C1.c1ccoc1. The highest BCUT2D eigenvalue weighted by Gasteiger charge is 2.31. The number of rotatable bonds is 2. The summed E-state index contributed by atoms with van der Waals surface area (Å²) in [5.74, 6) is 0. The molecular formula is C28H24O3S. The molecule has 1 atom stereocenters. The third kappa shape index (κ3) is 3.82. The third-order valence-corrected chi connectivity index (χ3v) is 8.44. The first-order valence-corrected chi connectivity index (χ1v) is 12.4. The lowest BCUT2D eigenvalue weighted by Crippen LogP contribution is -2.28. The molecule has 4 aromatic carbocycles. The number of furan rings is 1. The van der Waals surface area contributed by atoms with Crippen LogP contribution in [0.2, 0.25) is 0 Å². The van der Waals surface area contributed by atoms with Crippen LogP contribution in [-0.4, -0.2) is 13.7 Å². The van der Waals surface area contributed by atoms with Gasteiger partial charge in [0.15, 0.2) is 9.84 Å². The van der Waals surface area contributed by atoms with Gasteiger partial charge in [-0.25, -0.2) is 8.42 Å². The monoisotopic (exact) mass is 440 g/mol. The van der Waals surface area contributed by atoms with Crippen molar-refractivity contribution in [3.63, 3.8) is 0 Å². The summed E-state index contributed by atoms with van der Waals surface area (Å²) in [6.07, 6.45) is 5.33. The number of fused-ring (bicyclic) bond motifs is 5. The third-order valence-electron chi connectivity index (χ3n) is 6.23. The van der Waals surface area contributed by atoms with Crippen LogP contribution >= 0.6 is 0 Å². The number of aryl methyl sites for hydroxylation is 1. The zero-order chi connectivity index (χ0) is 22.0. The molecule has 3 nitrogen and oxygen atoms in total. The van der Waals surface area contributed by atoms with Gasteiger partial charge in [-0.1, -0.05) is 66.7 Å². The van der Waals surface area contributed by atoms with Crippen LogP contribution in [0.4, 0.5) is 0 Å². The largest absolute Gasteiger partial charge is 0.473 e. The minimum Gasteiger partial charge on any atom is -0.473 e. The van der Waals surface area contributed by atoms with E-state index in [4.69, 9.17) is 0 Å². The van der Waals surface area contributed by atoms with Gasteiger partial charge in [-0.15, -0.1) is 0 Å². The lowest BCUT2D eigenvalue weighted by atomic mass is 9.86. The van der Waals surface area contributed by atoms with Gasteiger partial charge in [0, 0.05) is 0 Å². The quantitative estimate of drug-likeness (QED) is 0.290. The summed E-state index contributed by atoms with van der Waals surface area (Å²) in [6.45, 7) is 0. The molecule has 0 saturated heterocycles. The second kappa shape index (κ2) is 8.64. The molecule has 4 heteroatoms. The average Bonchev–Trinajstić information content (AvgIpc) is 3.44. The van der Waals surface area contributed by atoms with E-state index >= 15 is 0 Å². The number of sulfone groups is 1. The van der Waals surface area contributed by atoms with Crippen LogP contribution in [-0.2, 0) is 22.7 Å². The maximum atomic E-state index is 13.0. The molecule has 5 aromatic rings. The minimum absolute atomic E-state index is 0.342. The maximum absolute atomic E-state index is 13.0. The molecule has 1 heterocycles. The normalized spacial score (nSPS) is 15.7. The van der Waals surface area contributed by atoms with Crippen LogP contribution in [0.15, 0.2) is 113 Å². The van der Waals surface area contributed by atoms with Gasteiger partial charge in [0.25, 0.3) is 0 Å². The average molecular weight is 441 g/mol. The molecule has 0 amide bonds. The van der Waals surface area contributed by atoms with E-state index in [1.807, 2.05) is 18.2 Å². The number of benzene rings is 4. The van der Waals surface area contributed by atoms with Crippen molar-refractivity contribution in [3.8, 4) is 0 Å². The molecular weight excluding hydrogens is 416 g/mol. The van der Waals surface area contributed by atoms with Crippen LogP contribution in [0.25, 0.3) is 21.5 Å². The first kappa shape index (κ1) is 20.5. The van der Waals surface area contributed by atoms with Crippen molar-refractivity contribution in [1.82, 2.24) is 0 Å². The molecule has 0 N–H and O–H groups in total. The van der Waals surface area contributed by atoms with E-state index in [2.05, 4.69) is 52.9 Å². The van der Waals surface area contributed by atoms with Crippen molar-refractivity contribution < 1.29 is 12.8 Å². The number of hydrogen-bond donors (Lipinski definition) is 0. The van der Waals surface area contributed by atoms with Gasteiger partial charge < -0.3 is 4.42 Å². The predicted molar refractivity (Wildman–Crippen MR) is 130 cm³/mol. The molecule has 1 unspecified atom stereocenters. The Bertz CT molecular complexity index is 1440. The van der Waals surface area contributed by atoms with Gasteiger partial charge in [-0.2, -0.15) is 0 Å². The Morgan fingerprint density at radius 2 is 1.41 bits per heavy atom. The van der Waals surface area contributed by atoms with Crippen LogP contribution in [0.3, 0.4) is 0 Å². The molecule has 0 saturated carbocycles. The fraction of sp³-hybridized carbons (Fsp3) is 0.143. The Morgan fingerprint density at radius 1 is 0.688 bits per heavy atom. The molecule has 0 bridgehead atoms. The van der Waals surface area contributed by atoms with E-state index in [1.165, 1.54) is 32.7 Å². The summed E-state index contributed by atoms with van der Waals surface area (Å²) in [4.78, 5) is 0.435. The van der Waals surface area contributed by atoms with Crippen molar-refractivity contribution in [2.24, 2.45) is 0 Å². The molecule has 0 fully saturated rings. The summed E-state index contributed by atoms with van der Waals surface area (Å²) in [6, 6.07) is 29.6. The highest BCUT2D eigenvalue weighted by Crippen LogP contribution is 2.35. The Hall–Kier alpha value is -3.37. The highest BCUT2D eigenvalue weighted by atomic mass is 32.2. The topological polar surface area (TPSA) is 47.3 Å². The first-order chi connectivity index (χ1) is 15.6. The van der Waals surface area contributed by atoms with E-state index in [0.717, 1.165) is 6.42 Å². The van der Waals surface area contributed by atoms with Crippen LogP contribution in [0.5, 0.6) is 0 Å². The van der Waals surface area contributed by atoms with E-state index in [0.29, 0.717) is 17.7 Å². The summed E-state index contributed by atoms with van der Waals surface area (Å²) in [5.41, 5.74) is 2.49. The molecule has 1 aliphatic rings. The van der Waals surface area contributed by atoms with Crippen molar-refractivity contribution in [2.75, 3.05) is 0 Å². The maximum Gasteiger partial charge on any atom is 0.181 e. The summed E-state index contributed by atoms with van der Waals surface area (Å²) in [7, 11) is -3.29. The molecule has 1 aliphatic carbocycles. The van der Waals surface area contributed by atoms with Crippen molar-refractivity contribution in [3.05, 3.63) is 115 Å². The Balaban J connectivity index is 0.000000383. The predicted octanol–water partition coefficient (Wildman–Crippen LogP) is 6.60. The lowest BCUT2D eigenvalue weighted by Gasteiger charge is -2.26. The summed E-state index contributed by atoms with van der Waals surface area (Å²) in [5, 5.41) is 4.69. The standard InChI is InChI=1S/C24H20O2S.C4H4O/c25-27(26,19-7-2-1-3-8-19)20-12-15-22-18(16-20)11-14-23-21-9-5-4-6-17(21)10-13-24(22)23;1-2-4-5-3-1/h1-11,13-14,20H,12,15-16H2;1-4H. The van der Waals surface area contributed by atoms with Gasteiger partial charge in [0.1, 0.15) is 0 Å². The van der Waals surface area contributed by atoms with Crippen LogP contribution < -0.4 is 0 Å². The zero-order valence-corrected chi connectivity index (χ0v) is 18.5. The van der Waals surface area contributed by atoms with Gasteiger partial charge in [-0.05, 0) is 76.2 Å². The fourth-order valence-corrected chi connectivity index (χ4v) is 6.38. The molecule has 0 aliphatic heterocycles. The molecule has 6 rings (SSSR count). The van der Waals surface area contributed by atoms with E-state index < -0.39 is 9.84 Å². The molecule has 0 spiro atoms. The van der Waals surface area contributed by atoms with E-state index in [-0.39, 0.29) is 5.25 Å². The Labute approximate surface area is 188 Å². The van der Waals surface area contributed by atoms with Crippen molar-refractivity contribution in [1.29, 1.82) is 0 Å². The van der Waals surface area contributed by atoms with Gasteiger partial charge in [-0.3, -0.25) is 0 Å². The fourth-order valence-electron chi connectivity index (χ4n) is 4.63. The minimum atomic E-state index is -3.29.